The largest absolute Gasteiger partial charge is 0.445 e. The van der Waals surface area contributed by atoms with Crippen molar-refractivity contribution >= 4 is 11.9 Å². The summed E-state index contributed by atoms with van der Waals surface area (Å²) >= 11 is 0. The van der Waals surface area contributed by atoms with Gasteiger partial charge in [-0.25, -0.2) is 0 Å². The molecule has 3 aliphatic carbocycles. The average molecular weight is 380 g/mol. The summed E-state index contributed by atoms with van der Waals surface area (Å²) in [5.41, 5.74) is 1.75. The van der Waals surface area contributed by atoms with Gasteiger partial charge in [0.25, 0.3) is 0 Å². The van der Waals surface area contributed by atoms with Gasteiger partial charge in [-0.2, -0.15) is 0 Å². The minimum Gasteiger partial charge on any atom is -0.445 e. The summed E-state index contributed by atoms with van der Waals surface area (Å²) < 4.78 is 11.1. The highest BCUT2D eigenvalue weighted by atomic mass is 16.6. The van der Waals surface area contributed by atoms with Crippen LogP contribution in [0.25, 0.3) is 0 Å². The standard InChI is InChI=1S/C24H28O4/c1-5-24(28-16(3)26)13-11-22-21-8-6-17-14-18(27-15(2)25)7-9-19(17)20(21)10-12-23(22,24)4/h1,7,9,14,20-22H,6,8,10-13H2,2-4H3/t20-,21+,22-,23+,24-/m0/s1. The van der Waals surface area contributed by atoms with Gasteiger partial charge >= 0.3 is 11.9 Å². The van der Waals surface area contributed by atoms with Crippen LogP contribution in [0.15, 0.2) is 18.2 Å². The van der Waals surface area contributed by atoms with Crippen LogP contribution in [-0.2, 0) is 20.7 Å². The molecule has 0 N–H and O–H groups in total. The van der Waals surface area contributed by atoms with Crippen molar-refractivity contribution in [1.82, 2.24) is 0 Å². The second kappa shape index (κ2) is 6.65. The van der Waals surface area contributed by atoms with Gasteiger partial charge < -0.3 is 9.47 Å². The number of carbonyl (C=O) groups excluding carboxylic acids is 2. The lowest BCUT2D eigenvalue weighted by Crippen LogP contribution is -2.52. The van der Waals surface area contributed by atoms with Crippen molar-refractivity contribution in [3.05, 3.63) is 29.3 Å². The summed E-state index contributed by atoms with van der Waals surface area (Å²) in [6.45, 7) is 5.13. The molecule has 3 aliphatic rings. The molecule has 1 aromatic rings. The van der Waals surface area contributed by atoms with Gasteiger partial charge in [0, 0.05) is 19.3 Å². The van der Waals surface area contributed by atoms with E-state index >= 15 is 0 Å². The molecule has 0 aromatic heterocycles. The van der Waals surface area contributed by atoms with E-state index in [0.29, 0.717) is 23.5 Å². The number of rotatable bonds is 2. The summed E-state index contributed by atoms with van der Waals surface area (Å²) in [6.07, 6.45) is 11.8. The van der Waals surface area contributed by atoms with Gasteiger partial charge in [0.1, 0.15) is 5.75 Å². The summed E-state index contributed by atoms with van der Waals surface area (Å²) in [4.78, 5) is 23.0. The Bertz CT molecular complexity index is 866. The molecule has 4 nitrogen and oxygen atoms in total. The zero-order valence-electron chi connectivity index (χ0n) is 16.9. The first-order valence-corrected chi connectivity index (χ1v) is 10.3. The molecule has 2 saturated carbocycles. The van der Waals surface area contributed by atoms with Gasteiger partial charge in [-0.1, -0.05) is 18.9 Å². The molecule has 0 spiro atoms. The molecule has 0 amide bonds. The molecule has 0 bridgehead atoms. The first kappa shape index (κ1) is 19.1. The third-order valence-corrected chi connectivity index (χ3v) is 7.63. The minimum atomic E-state index is -0.770. The first-order chi connectivity index (χ1) is 13.3. The molecule has 0 aliphatic heterocycles. The third kappa shape index (κ3) is 2.75. The maximum atomic E-state index is 11.8. The van der Waals surface area contributed by atoms with Gasteiger partial charge in [0.15, 0.2) is 5.60 Å². The van der Waals surface area contributed by atoms with E-state index in [1.165, 1.54) is 25.0 Å². The van der Waals surface area contributed by atoms with E-state index in [4.69, 9.17) is 15.9 Å². The van der Waals surface area contributed by atoms with Crippen molar-refractivity contribution in [2.45, 2.75) is 70.8 Å². The first-order valence-electron chi connectivity index (χ1n) is 10.3. The maximum absolute atomic E-state index is 11.8. The number of benzene rings is 1. The van der Waals surface area contributed by atoms with Crippen molar-refractivity contribution < 1.29 is 19.1 Å². The van der Waals surface area contributed by atoms with E-state index in [1.54, 1.807) is 0 Å². The van der Waals surface area contributed by atoms with Crippen molar-refractivity contribution in [2.24, 2.45) is 17.3 Å². The van der Waals surface area contributed by atoms with E-state index < -0.39 is 5.60 Å². The Morgan fingerprint density at radius 1 is 1.14 bits per heavy atom. The molecular weight excluding hydrogens is 352 g/mol. The Kier molecular flexibility index (Phi) is 4.53. The molecule has 4 rings (SSSR count). The highest BCUT2D eigenvalue weighted by molar-refractivity contribution is 5.69. The van der Waals surface area contributed by atoms with Crippen LogP contribution in [0.1, 0.15) is 69.9 Å². The van der Waals surface area contributed by atoms with E-state index in [1.807, 2.05) is 12.1 Å². The van der Waals surface area contributed by atoms with Gasteiger partial charge in [-0.15, -0.1) is 6.42 Å². The Balaban J connectivity index is 1.64. The van der Waals surface area contributed by atoms with Crippen LogP contribution in [0.5, 0.6) is 5.75 Å². The van der Waals surface area contributed by atoms with Gasteiger partial charge in [-0.05, 0) is 79.5 Å². The lowest BCUT2D eigenvalue weighted by Gasteiger charge is -2.52. The zero-order chi connectivity index (χ0) is 20.1. The Morgan fingerprint density at radius 3 is 2.61 bits per heavy atom. The van der Waals surface area contributed by atoms with Crippen LogP contribution in [0.4, 0.5) is 0 Å². The summed E-state index contributed by atoms with van der Waals surface area (Å²) in [5.74, 6) is 4.47. The predicted octanol–water partition coefficient (Wildman–Crippen LogP) is 4.40. The monoisotopic (exact) mass is 380 g/mol. The van der Waals surface area contributed by atoms with Gasteiger partial charge in [0.05, 0.1) is 0 Å². The number of aryl methyl sites for hydroxylation is 1. The van der Waals surface area contributed by atoms with E-state index in [2.05, 4.69) is 18.9 Å². The highest BCUT2D eigenvalue weighted by Crippen LogP contribution is 2.65. The normalized spacial score (nSPS) is 35.7. The second-order valence-electron chi connectivity index (χ2n) is 8.93. The smallest absolute Gasteiger partial charge is 0.308 e. The number of esters is 2. The van der Waals surface area contributed by atoms with Gasteiger partial charge in [-0.3, -0.25) is 9.59 Å². The quantitative estimate of drug-likeness (QED) is 0.433. The molecule has 0 saturated heterocycles. The molecule has 0 radical (unpaired) electrons. The molecule has 1 aromatic carbocycles. The number of fused-ring (bicyclic) bond motifs is 5. The summed E-state index contributed by atoms with van der Waals surface area (Å²) in [5, 5.41) is 0. The third-order valence-electron chi connectivity index (χ3n) is 7.63. The number of hydrogen-bond acceptors (Lipinski definition) is 4. The number of carbonyl (C=O) groups is 2. The molecule has 0 heterocycles. The topological polar surface area (TPSA) is 52.6 Å². The molecule has 5 atom stereocenters. The fourth-order valence-electron chi connectivity index (χ4n) is 6.47. The van der Waals surface area contributed by atoms with Crippen LogP contribution in [-0.4, -0.2) is 17.5 Å². The van der Waals surface area contributed by atoms with E-state index in [-0.39, 0.29) is 17.4 Å². The summed E-state index contributed by atoms with van der Waals surface area (Å²) in [6, 6.07) is 6.08. The molecule has 2 fully saturated rings. The van der Waals surface area contributed by atoms with E-state index in [0.717, 1.165) is 38.5 Å². The number of hydrogen-bond donors (Lipinski definition) is 0. The van der Waals surface area contributed by atoms with Crippen molar-refractivity contribution in [3.8, 4) is 18.1 Å². The molecule has 148 valence electrons. The number of terminal acetylenes is 1. The zero-order valence-corrected chi connectivity index (χ0v) is 16.9. The number of ether oxygens (including phenoxy) is 2. The van der Waals surface area contributed by atoms with Crippen LogP contribution in [0.2, 0.25) is 0 Å². The SMILES string of the molecule is C#C[C@]1(OC(C)=O)CC[C@H]2[C@@H]3CCc4cc(OC(C)=O)ccc4[C@@H]3CC[C@]21C. The summed E-state index contributed by atoms with van der Waals surface area (Å²) in [7, 11) is 0. The fourth-order valence-corrected chi connectivity index (χ4v) is 6.47. The average Bonchev–Trinajstić information content (AvgIpc) is 2.93. The molecule has 28 heavy (non-hydrogen) atoms. The van der Waals surface area contributed by atoms with Crippen molar-refractivity contribution in [2.75, 3.05) is 0 Å². The van der Waals surface area contributed by atoms with E-state index in [9.17, 15) is 9.59 Å². The molecule has 4 heteroatoms. The van der Waals surface area contributed by atoms with Crippen molar-refractivity contribution in [1.29, 1.82) is 0 Å². The van der Waals surface area contributed by atoms with Crippen LogP contribution < -0.4 is 4.74 Å². The minimum absolute atomic E-state index is 0.163. The van der Waals surface area contributed by atoms with Crippen LogP contribution in [0, 0.1) is 29.6 Å². The fraction of sp³-hybridized carbons (Fsp3) is 0.583. The second-order valence-corrected chi connectivity index (χ2v) is 8.93. The van der Waals surface area contributed by atoms with Gasteiger partial charge in [0.2, 0.25) is 0 Å². The maximum Gasteiger partial charge on any atom is 0.308 e. The lowest BCUT2D eigenvalue weighted by molar-refractivity contribution is -0.165. The lowest BCUT2D eigenvalue weighted by atomic mass is 9.53. The van der Waals surface area contributed by atoms with Crippen molar-refractivity contribution in [3.63, 3.8) is 0 Å². The highest BCUT2D eigenvalue weighted by Gasteiger charge is 2.63. The Labute approximate surface area is 167 Å². The van der Waals surface area contributed by atoms with Crippen LogP contribution >= 0.6 is 0 Å². The molecular formula is C24H28O4. The Morgan fingerprint density at radius 2 is 1.93 bits per heavy atom. The predicted molar refractivity (Wildman–Crippen MR) is 106 cm³/mol. The Hall–Kier alpha value is -2.28. The van der Waals surface area contributed by atoms with Crippen LogP contribution in [0.3, 0.4) is 0 Å². The molecule has 0 unspecified atom stereocenters.